The van der Waals surface area contributed by atoms with E-state index in [1.165, 1.54) is 0 Å². The maximum Gasteiger partial charge on any atom is 0.354 e. The number of carbonyl (C=O) groups is 1. The van der Waals surface area contributed by atoms with Gasteiger partial charge in [0, 0.05) is 13.5 Å². The molecule has 0 amide bonds. The number of carboxylic acids is 1. The van der Waals surface area contributed by atoms with Crippen LogP contribution in [-0.2, 0) is 13.5 Å². The molecule has 0 radical (unpaired) electrons. The standard InChI is InChI=1S/C13H14N2O3S/c1-15-10(11(12(16)17)14-13(15)19)7-8-4-3-5-9(6-8)18-2/h3-6H,7H2,1-2H3,(H,14,19)(H,16,17). The molecule has 0 aliphatic carbocycles. The summed E-state index contributed by atoms with van der Waals surface area (Å²) in [6.45, 7) is 0. The third-order valence-electron chi connectivity index (χ3n) is 2.95. The maximum absolute atomic E-state index is 11.2. The van der Waals surface area contributed by atoms with Gasteiger partial charge in [0.05, 0.1) is 12.8 Å². The molecule has 0 aliphatic heterocycles. The lowest BCUT2D eigenvalue weighted by Crippen LogP contribution is -2.06. The van der Waals surface area contributed by atoms with Crippen molar-refractivity contribution < 1.29 is 14.6 Å². The number of nitrogens with one attached hydrogen (secondary N) is 1. The van der Waals surface area contributed by atoms with Gasteiger partial charge >= 0.3 is 5.97 Å². The highest BCUT2D eigenvalue weighted by Crippen LogP contribution is 2.18. The largest absolute Gasteiger partial charge is 0.497 e. The summed E-state index contributed by atoms with van der Waals surface area (Å²) in [5.74, 6) is -0.268. The van der Waals surface area contributed by atoms with Gasteiger partial charge in [-0.05, 0) is 29.9 Å². The van der Waals surface area contributed by atoms with Crippen LogP contribution in [0.1, 0.15) is 21.7 Å². The molecule has 0 saturated carbocycles. The van der Waals surface area contributed by atoms with Gasteiger partial charge in [-0.15, -0.1) is 0 Å². The summed E-state index contributed by atoms with van der Waals surface area (Å²) in [4.78, 5) is 13.9. The molecule has 5 nitrogen and oxygen atoms in total. The first-order valence-corrected chi connectivity index (χ1v) is 6.08. The lowest BCUT2D eigenvalue weighted by Gasteiger charge is -2.06. The van der Waals surface area contributed by atoms with E-state index in [0.717, 1.165) is 11.3 Å². The number of hydrogen-bond acceptors (Lipinski definition) is 3. The van der Waals surface area contributed by atoms with Crippen molar-refractivity contribution in [1.82, 2.24) is 9.55 Å². The van der Waals surface area contributed by atoms with Gasteiger partial charge in [-0.1, -0.05) is 12.1 Å². The van der Waals surface area contributed by atoms with Crippen LogP contribution in [0.4, 0.5) is 0 Å². The predicted molar refractivity (Wildman–Crippen MR) is 73.4 cm³/mol. The summed E-state index contributed by atoms with van der Waals surface area (Å²) in [5.41, 5.74) is 1.74. The van der Waals surface area contributed by atoms with E-state index in [1.54, 1.807) is 18.7 Å². The Labute approximate surface area is 115 Å². The van der Waals surface area contributed by atoms with Gasteiger partial charge in [0.25, 0.3) is 0 Å². The first-order valence-electron chi connectivity index (χ1n) is 5.67. The summed E-state index contributed by atoms with van der Waals surface area (Å²) >= 11 is 5.07. The fourth-order valence-electron chi connectivity index (χ4n) is 1.91. The molecular weight excluding hydrogens is 264 g/mol. The number of benzene rings is 1. The minimum absolute atomic E-state index is 0.135. The van der Waals surface area contributed by atoms with E-state index in [9.17, 15) is 4.79 Å². The second-order valence-corrected chi connectivity index (χ2v) is 4.53. The summed E-state index contributed by atoms with van der Waals surface area (Å²) in [6.07, 6.45) is 0.475. The smallest absolute Gasteiger partial charge is 0.354 e. The second kappa shape index (κ2) is 5.27. The number of H-pyrrole nitrogens is 1. The summed E-state index contributed by atoms with van der Waals surface area (Å²) in [7, 11) is 3.35. The van der Waals surface area contributed by atoms with E-state index in [1.807, 2.05) is 24.3 Å². The molecule has 0 bridgehead atoms. The average Bonchev–Trinajstić information content (AvgIpc) is 2.67. The Morgan fingerprint density at radius 1 is 1.53 bits per heavy atom. The molecule has 0 fully saturated rings. The van der Waals surface area contributed by atoms with Crippen LogP contribution in [0.25, 0.3) is 0 Å². The minimum Gasteiger partial charge on any atom is -0.497 e. The van der Waals surface area contributed by atoms with E-state index in [4.69, 9.17) is 22.1 Å². The number of aromatic amines is 1. The zero-order valence-electron chi connectivity index (χ0n) is 10.6. The van der Waals surface area contributed by atoms with Gasteiger partial charge < -0.3 is 19.4 Å². The number of aromatic carboxylic acids is 1. The van der Waals surface area contributed by atoms with Crippen molar-refractivity contribution in [3.63, 3.8) is 0 Å². The van der Waals surface area contributed by atoms with Crippen molar-refractivity contribution >= 4 is 18.2 Å². The molecule has 0 aliphatic rings. The lowest BCUT2D eigenvalue weighted by atomic mass is 10.1. The van der Waals surface area contributed by atoms with Crippen molar-refractivity contribution in [3.8, 4) is 5.75 Å². The summed E-state index contributed by atoms with van der Waals surface area (Å²) in [5, 5.41) is 9.17. The Morgan fingerprint density at radius 3 is 2.89 bits per heavy atom. The quantitative estimate of drug-likeness (QED) is 0.843. The van der Waals surface area contributed by atoms with Gasteiger partial charge in [-0.3, -0.25) is 0 Å². The van der Waals surface area contributed by atoms with Gasteiger partial charge in [0.1, 0.15) is 11.4 Å². The van der Waals surface area contributed by atoms with Crippen LogP contribution in [0.15, 0.2) is 24.3 Å². The molecule has 6 heteroatoms. The molecule has 1 aromatic carbocycles. The number of ether oxygens (including phenoxy) is 1. The van der Waals surface area contributed by atoms with Gasteiger partial charge in [-0.2, -0.15) is 0 Å². The molecule has 1 heterocycles. The first-order chi connectivity index (χ1) is 9.02. The number of nitrogens with zero attached hydrogens (tertiary/aromatic N) is 1. The van der Waals surface area contributed by atoms with Crippen molar-refractivity contribution in [2.24, 2.45) is 7.05 Å². The molecule has 100 valence electrons. The maximum atomic E-state index is 11.2. The number of imidazole rings is 1. The van der Waals surface area contributed by atoms with E-state index in [-0.39, 0.29) is 5.69 Å². The number of carboxylic acid groups (broad SMARTS) is 1. The number of aromatic nitrogens is 2. The zero-order valence-corrected chi connectivity index (χ0v) is 11.5. The van der Waals surface area contributed by atoms with Crippen LogP contribution in [0.3, 0.4) is 0 Å². The molecule has 0 atom stereocenters. The van der Waals surface area contributed by atoms with Gasteiger partial charge in [-0.25, -0.2) is 4.79 Å². The predicted octanol–water partition coefficient (Wildman–Crippen LogP) is 2.38. The Morgan fingerprint density at radius 2 is 2.26 bits per heavy atom. The first kappa shape index (κ1) is 13.4. The zero-order chi connectivity index (χ0) is 14.0. The van der Waals surface area contributed by atoms with Crippen LogP contribution in [0.5, 0.6) is 5.75 Å². The van der Waals surface area contributed by atoms with Crippen molar-refractivity contribution in [3.05, 3.63) is 46.0 Å². The molecular formula is C13H14N2O3S. The highest BCUT2D eigenvalue weighted by molar-refractivity contribution is 7.71. The van der Waals surface area contributed by atoms with E-state index >= 15 is 0 Å². The molecule has 0 saturated heterocycles. The number of rotatable bonds is 4. The normalized spacial score (nSPS) is 10.4. The third kappa shape index (κ3) is 2.68. The van der Waals surface area contributed by atoms with Crippen LogP contribution in [0, 0.1) is 4.77 Å². The van der Waals surface area contributed by atoms with E-state index in [2.05, 4.69) is 4.98 Å². The monoisotopic (exact) mass is 278 g/mol. The van der Waals surface area contributed by atoms with E-state index in [0.29, 0.717) is 16.9 Å². The van der Waals surface area contributed by atoms with Crippen molar-refractivity contribution in [2.45, 2.75) is 6.42 Å². The molecule has 0 spiro atoms. The molecule has 19 heavy (non-hydrogen) atoms. The van der Waals surface area contributed by atoms with Crippen LogP contribution >= 0.6 is 12.2 Å². The number of methoxy groups -OCH3 is 1. The van der Waals surface area contributed by atoms with Crippen molar-refractivity contribution in [1.29, 1.82) is 0 Å². The molecule has 2 N–H and O–H groups in total. The van der Waals surface area contributed by atoms with Crippen LogP contribution in [-0.4, -0.2) is 27.7 Å². The SMILES string of the molecule is COc1cccc(Cc2c(C(=O)O)[nH]c(=S)n2C)c1. The van der Waals surface area contributed by atoms with Gasteiger partial charge in [0.2, 0.25) is 0 Å². The molecule has 2 rings (SSSR count). The highest BCUT2D eigenvalue weighted by atomic mass is 32.1. The Balaban J connectivity index is 2.42. The van der Waals surface area contributed by atoms with E-state index < -0.39 is 5.97 Å². The van der Waals surface area contributed by atoms with Crippen LogP contribution in [0.2, 0.25) is 0 Å². The lowest BCUT2D eigenvalue weighted by molar-refractivity contribution is 0.0689. The fraction of sp³-hybridized carbons (Fsp3) is 0.231. The third-order valence-corrected chi connectivity index (χ3v) is 3.33. The summed E-state index contributed by atoms with van der Waals surface area (Å²) in [6, 6.07) is 7.51. The van der Waals surface area contributed by atoms with Crippen LogP contribution < -0.4 is 4.74 Å². The Hall–Kier alpha value is -2.08. The van der Waals surface area contributed by atoms with Crippen molar-refractivity contribution in [2.75, 3.05) is 7.11 Å². The molecule has 0 unspecified atom stereocenters. The van der Waals surface area contributed by atoms with Gasteiger partial charge in [0.15, 0.2) is 4.77 Å². The average molecular weight is 278 g/mol. The minimum atomic E-state index is -1.01. The Kier molecular flexibility index (Phi) is 3.71. The highest BCUT2D eigenvalue weighted by Gasteiger charge is 2.16. The topological polar surface area (TPSA) is 67.2 Å². The number of hydrogen-bond donors (Lipinski definition) is 2. The summed E-state index contributed by atoms with van der Waals surface area (Å²) < 4.78 is 7.23. The second-order valence-electron chi connectivity index (χ2n) is 4.14. The fourth-order valence-corrected chi connectivity index (χ4v) is 2.13. The molecule has 1 aromatic heterocycles. The Bertz CT molecular complexity index is 673. The molecule has 2 aromatic rings.